The molecule has 1 aromatic carbocycles. The molecule has 2 rings (SSSR count). The summed E-state index contributed by atoms with van der Waals surface area (Å²) in [4.78, 5) is 0. The van der Waals surface area contributed by atoms with Crippen LogP contribution in [0.2, 0.25) is 5.02 Å². The molecule has 1 unspecified atom stereocenters. The van der Waals surface area contributed by atoms with Crippen LogP contribution in [0.1, 0.15) is 31.4 Å². The Labute approximate surface area is 107 Å². The predicted molar refractivity (Wildman–Crippen MR) is 67.9 cm³/mol. The zero-order valence-corrected chi connectivity index (χ0v) is 10.7. The fourth-order valence-electron chi connectivity index (χ4n) is 2.02. The lowest BCUT2D eigenvalue weighted by Crippen LogP contribution is -2.40. The minimum absolute atomic E-state index is 0.102. The lowest BCUT2D eigenvalue weighted by atomic mass is 10.00. The molecule has 0 aliphatic carbocycles. The van der Waals surface area contributed by atoms with Gasteiger partial charge in [0.25, 0.3) is 0 Å². The molecule has 1 heterocycles. The Morgan fingerprint density at radius 2 is 1.88 bits per heavy atom. The van der Waals surface area contributed by atoms with Gasteiger partial charge in [0.2, 0.25) is 0 Å². The highest BCUT2D eigenvalue weighted by atomic mass is 35.5. The third-order valence-corrected chi connectivity index (χ3v) is 3.24. The van der Waals surface area contributed by atoms with Crippen molar-refractivity contribution in [1.29, 1.82) is 0 Å². The van der Waals surface area contributed by atoms with E-state index in [-0.39, 0.29) is 6.04 Å². The van der Waals surface area contributed by atoms with Crippen LogP contribution in [0.5, 0.6) is 0 Å². The number of hydrogen-bond acceptors (Lipinski definition) is 3. The average molecular weight is 256 g/mol. The number of halogens is 1. The summed E-state index contributed by atoms with van der Waals surface area (Å²) < 4.78 is 11.3. The van der Waals surface area contributed by atoms with Crippen LogP contribution in [0.25, 0.3) is 0 Å². The van der Waals surface area contributed by atoms with E-state index in [0.29, 0.717) is 6.42 Å². The molecular formula is C13H18ClNO2. The van der Waals surface area contributed by atoms with Crippen molar-refractivity contribution >= 4 is 11.6 Å². The van der Waals surface area contributed by atoms with Gasteiger partial charge in [-0.25, -0.2) is 0 Å². The quantitative estimate of drug-likeness (QED) is 0.903. The fourth-order valence-corrected chi connectivity index (χ4v) is 2.15. The Morgan fingerprint density at radius 3 is 2.47 bits per heavy atom. The maximum atomic E-state index is 6.16. The third kappa shape index (κ3) is 3.42. The molecule has 3 nitrogen and oxygen atoms in total. The Bertz CT molecular complexity index is 360. The molecule has 1 aliphatic rings. The molecule has 1 atom stereocenters. The minimum atomic E-state index is -0.558. The Kier molecular flexibility index (Phi) is 4.05. The molecule has 0 radical (unpaired) electrons. The summed E-state index contributed by atoms with van der Waals surface area (Å²) in [5.41, 5.74) is 7.21. The van der Waals surface area contributed by atoms with Gasteiger partial charge in [0, 0.05) is 17.5 Å². The molecule has 1 saturated heterocycles. The molecule has 4 heteroatoms. The van der Waals surface area contributed by atoms with Gasteiger partial charge in [-0.15, -0.1) is 0 Å². The van der Waals surface area contributed by atoms with E-state index < -0.39 is 5.79 Å². The van der Waals surface area contributed by atoms with Gasteiger partial charge in [0.05, 0.1) is 13.2 Å². The first-order valence-corrected chi connectivity index (χ1v) is 6.26. The SMILES string of the molecule is CC1(CC(N)c2ccc(Cl)cc2)OCCCO1. The van der Waals surface area contributed by atoms with Gasteiger partial charge >= 0.3 is 0 Å². The summed E-state index contributed by atoms with van der Waals surface area (Å²) in [7, 11) is 0. The van der Waals surface area contributed by atoms with Crippen LogP contribution < -0.4 is 5.73 Å². The first-order valence-electron chi connectivity index (χ1n) is 5.88. The van der Waals surface area contributed by atoms with Crippen molar-refractivity contribution < 1.29 is 9.47 Å². The molecule has 1 fully saturated rings. The van der Waals surface area contributed by atoms with Gasteiger partial charge in [-0.05, 0) is 31.0 Å². The van der Waals surface area contributed by atoms with Crippen molar-refractivity contribution in [2.24, 2.45) is 5.73 Å². The van der Waals surface area contributed by atoms with E-state index in [9.17, 15) is 0 Å². The van der Waals surface area contributed by atoms with Gasteiger partial charge in [-0.2, -0.15) is 0 Å². The summed E-state index contributed by atoms with van der Waals surface area (Å²) in [6, 6.07) is 7.48. The number of benzene rings is 1. The number of hydrogen-bond donors (Lipinski definition) is 1. The topological polar surface area (TPSA) is 44.5 Å². The molecule has 1 aliphatic heterocycles. The summed E-state index contributed by atoms with van der Waals surface area (Å²) in [6.07, 6.45) is 1.60. The molecule has 94 valence electrons. The molecule has 0 aromatic heterocycles. The number of nitrogens with two attached hydrogens (primary N) is 1. The second-order valence-corrected chi connectivity index (χ2v) is 4.98. The van der Waals surface area contributed by atoms with E-state index in [4.69, 9.17) is 26.8 Å². The first kappa shape index (κ1) is 12.8. The highest BCUT2D eigenvalue weighted by molar-refractivity contribution is 6.30. The fraction of sp³-hybridized carbons (Fsp3) is 0.538. The highest BCUT2D eigenvalue weighted by Gasteiger charge is 2.31. The molecule has 0 spiro atoms. The van der Waals surface area contributed by atoms with Crippen molar-refractivity contribution in [2.75, 3.05) is 13.2 Å². The monoisotopic (exact) mass is 255 g/mol. The zero-order chi connectivity index (χ0) is 12.3. The zero-order valence-electron chi connectivity index (χ0n) is 9.99. The lowest BCUT2D eigenvalue weighted by Gasteiger charge is -2.35. The summed E-state index contributed by atoms with van der Waals surface area (Å²) >= 11 is 5.85. The van der Waals surface area contributed by atoms with E-state index in [1.807, 2.05) is 31.2 Å². The predicted octanol–water partition coefficient (Wildman–Crippen LogP) is 2.88. The van der Waals surface area contributed by atoms with Crippen molar-refractivity contribution in [3.05, 3.63) is 34.9 Å². The maximum Gasteiger partial charge on any atom is 0.167 e. The van der Waals surface area contributed by atoms with Crippen LogP contribution in [-0.4, -0.2) is 19.0 Å². The van der Waals surface area contributed by atoms with Gasteiger partial charge in [-0.1, -0.05) is 23.7 Å². The van der Waals surface area contributed by atoms with Gasteiger partial charge in [-0.3, -0.25) is 0 Å². The standard InChI is InChI=1S/C13H18ClNO2/c1-13(16-7-2-8-17-13)9-12(15)10-3-5-11(14)6-4-10/h3-6,12H,2,7-9,15H2,1H3. The summed E-state index contributed by atoms with van der Waals surface area (Å²) in [6.45, 7) is 3.43. The third-order valence-electron chi connectivity index (χ3n) is 2.99. The van der Waals surface area contributed by atoms with Gasteiger partial charge in [0.15, 0.2) is 5.79 Å². The summed E-state index contributed by atoms with van der Waals surface area (Å²) in [5, 5.41) is 0.720. The normalized spacial score (nSPS) is 21.1. The average Bonchev–Trinajstić information content (AvgIpc) is 2.30. The van der Waals surface area contributed by atoms with Crippen LogP contribution >= 0.6 is 11.6 Å². The molecular weight excluding hydrogens is 238 g/mol. The van der Waals surface area contributed by atoms with Crippen LogP contribution in [0.3, 0.4) is 0 Å². The molecule has 1 aromatic rings. The van der Waals surface area contributed by atoms with Crippen molar-refractivity contribution in [3.8, 4) is 0 Å². The lowest BCUT2D eigenvalue weighted by molar-refractivity contribution is -0.260. The molecule has 17 heavy (non-hydrogen) atoms. The van der Waals surface area contributed by atoms with Crippen molar-refractivity contribution in [2.45, 2.75) is 31.6 Å². The Hall–Kier alpha value is -0.610. The van der Waals surface area contributed by atoms with E-state index in [1.54, 1.807) is 0 Å². The van der Waals surface area contributed by atoms with Crippen LogP contribution in [0.4, 0.5) is 0 Å². The molecule has 0 amide bonds. The van der Waals surface area contributed by atoms with Crippen molar-refractivity contribution in [3.63, 3.8) is 0 Å². The first-order chi connectivity index (χ1) is 8.09. The Balaban J connectivity index is 2.00. The Morgan fingerprint density at radius 1 is 1.29 bits per heavy atom. The van der Waals surface area contributed by atoms with E-state index in [0.717, 1.165) is 30.2 Å². The number of rotatable bonds is 3. The van der Waals surface area contributed by atoms with Crippen LogP contribution in [-0.2, 0) is 9.47 Å². The van der Waals surface area contributed by atoms with Crippen molar-refractivity contribution in [1.82, 2.24) is 0 Å². The second kappa shape index (κ2) is 5.36. The maximum absolute atomic E-state index is 6.16. The van der Waals surface area contributed by atoms with E-state index in [2.05, 4.69) is 0 Å². The molecule has 0 bridgehead atoms. The molecule has 0 saturated carbocycles. The minimum Gasteiger partial charge on any atom is -0.350 e. The second-order valence-electron chi connectivity index (χ2n) is 4.55. The van der Waals surface area contributed by atoms with Gasteiger partial charge < -0.3 is 15.2 Å². The highest BCUT2D eigenvalue weighted by Crippen LogP contribution is 2.29. The largest absolute Gasteiger partial charge is 0.350 e. The van der Waals surface area contributed by atoms with E-state index in [1.165, 1.54) is 0 Å². The van der Waals surface area contributed by atoms with Gasteiger partial charge in [0.1, 0.15) is 0 Å². The smallest absolute Gasteiger partial charge is 0.167 e. The number of ether oxygens (including phenoxy) is 2. The summed E-state index contributed by atoms with van der Waals surface area (Å²) in [5.74, 6) is -0.558. The van der Waals surface area contributed by atoms with Crippen LogP contribution in [0.15, 0.2) is 24.3 Å². The molecule has 2 N–H and O–H groups in total. The van der Waals surface area contributed by atoms with E-state index >= 15 is 0 Å². The van der Waals surface area contributed by atoms with Crippen LogP contribution in [0, 0.1) is 0 Å².